The van der Waals surface area contributed by atoms with Crippen molar-refractivity contribution in [2.24, 2.45) is 17.2 Å². The minimum Gasteiger partial charge on any atom is -0.330 e. The number of Topliss-reactive ketones (excluding diaryl/α,β-unsaturated/α-hetero) is 2. The van der Waals surface area contributed by atoms with E-state index in [9.17, 15) is 9.59 Å². The van der Waals surface area contributed by atoms with Crippen LogP contribution < -0.4 is 17.2 Å². The molecule has 0 aromatic carbocycles. The van der Waals surface area contributed by atoms with Crippen LogP contribution in [0.2, 0.25) is 0 Å². The van der Waals surface area contributed by atoms with E-state index < -0.39 is 6.04 Å². The Labute approximate surface area is 109 Å². The first kappa shape index (κ1) is 17.2. The van der Waals surface area contributed by atoms with Gasteiger partial charge >= 0.3 is 0 Å². The first-order chi connectivity index (χ1) is 8.61. The van der Waals surface area contributed by atoms with Crippen LogP contribution in [0.1, 0.15) is 51.4 Å². The summed E-state index contributed by atoms with van der Waals surface area (Å²) in [5.41, 5.74) is 16.5. The Bertz CT molecular complexity index is 244. The van der Waals surface area contributed by atoms with Crippen LogP contribution in [0.5, 0.6) is 0 Å². The monoisotopic (exact) mass is 257 g/mol. The third-order valence-corrected chi connectivity index (χ3v) is 2.93. The molecular weight excluding hydrogens is 230 g/mol. The molecule has 0 spiro atoms. The van der Waals surface area contributed by atoms with Gasteiger partial charge in [0, 0.05) is 19.3 Å². The molecule has 0 saturated carbocycles. The molecular formula is C13H27N3O2. The van der Waals surface area contributed by atoms with Gasteiger partial charge < -0.3 is 17.2 Å². The average Bonchev–Trinajstić information content (AvgIpc) is 2.36. The zero-order valence-corrected chi connectivity index (χ0v) is 11.2. The third-order valence-electron chi connectivity index (χ3n) is 2.93. The van der Waals surface area contributed by atoms with Crippen molar-refractivity contribution in [3.05, 3.63) is 0 Å². The summed E-state index contributed by atoms with van der Waals surface area (Å²) >= 11 is 0. The smallest absolute Gasteiger partial charge is 0.149 e. The van der Waals surface area contributed by atoms with Crippen molar-refractivity contribution in [3.63, 3.8) is 0 Å². The lowest BCUT2D eigenvalue weighted by Crippen LogP contribution is -2.31. The largest absolute Gasteiger partial charge is 0.330 e. The van der Waals surface area contributed by atoms with Crippen LogP contribution in [0, 0.1) is 0 Å². The zero-order chi connectivity index (χ0) is 13.8. The highest BCUT2D eigenvalue weighted by molar-refractivity contribution is 5.85. The molecule has 0 aromatic heterocycles. The van der Waals surface area contributed by atoms with Gasteiger partial charge in [0.15, 0.2) is 0 Å². The number of hydrogen-bond acceptors (Lipinski definition) is 5. The second kappa shape index (κ2) is 11.3. The van der Waals surface area contributed by atoms with E-state index in [-0.39, 0.29) is 11.6 Å². The molecule has 0 saturated heterocycles. The SMILES string of the molecule is NCCCCC(=O)CCC(N)C(=O)CCCCN. The minimum atomic E-state index is -0.499. The lowest BCUT2D eigenvalue weighted by molar-refractivity contribution is -0.121. The van der Waals surface area contributed by atoms with Gasteiger partial charge in [0.25, 0.3) is 0 Å². The highest BCUT2D eigenvalue weighted by atomic mass is 16.1. The third kappa shape index (κ3) is 9.27. The molecule has 6 N–H and O–H groups in total. The summed E-state index contributed by atoms with van der Waals surface area (Å²) in [4.78, 5) is 23.1. The maximum Gasteiger partial charge on any atom is 0.149 e. The predicted molar refractivity (Wildman–Crippen MR) is 73.0 cm³/mol. The van der Waals surface area contributed by atoms with E-state index in [1.165, 1.54) is 0 Å². The lowest BCUT2D eigenvalue weighted by Gasteiger charge is -2.09. The summed E-state index contributed by atoms with van der Waals surface area (Å²) in [6, 6.07) is -0.499. The van der Waals surface area contributed by atoms with Gasteiger partial charge in [-0.25, -0.2) is 0 Å². The van der Waals surface area contributed by atoms with Crippen molar-refractivity contribution in [1.82, 2.24) is 0 Å². The Morgan fingerprint density at radius 3 is 1.94 bits per heavy atom. The molecule has 0 aliphatic rings. The summed E-state index contributed by atoms with van der Waals surface area (Å²) in [5, 5.41) is 0. The molecule has 18 heavy (non-hydrogen) atoms. The summed E-state index contributed by atoms with van der Waals surface area (Å²) < 4.78 is 0. The fraction of sp³-hybridized carbons (Fsp3) is 0.846. The number of unbranched alkanes of at least 4 members (excludes halogenated alkanes) is 2. The van der Waals surface area contributed by atoms with E-state index in [1.54, 1.807) is 0 Å². The van der Waals surface area contributed by atoms with Crippen molar-refractivity contribution in [3.8, 4) is 0 Å². The first-order valence-electron chi connectivity index (χ1n) is 6.82. The van der Waals surface area contributed by atoms with Crippen molar-refractivity contribution in [2.45, 2.75) is 57.4 Å². The highest BCUT2D eigenvalue weighted by Crippen LogP contribution is 2.06. The van der Waals surface area contributed by atoms with E-state index in [0.717, 1.165) is 25.7 Å². The highest BCUT2D eigenvalue weighted by Gasteiger charge is 2.14. The van der Waals surface area contributed by atoms with Crippen LogP contribution in [-0.4, -0.2) is 30.7 Å². The number of carbonyl (C=O) groups is 2. The molecule has 0 amide bonds. The van der Waals surface area contributed by atoms with Crippen molar-refractivity contribution in [1.29, 1.82) is 0 Å². The number of carbonyl (C=O) groups excluding carboxylic acids is 2. The van der Waals surface area contributed by atoms with Crippen LogP contribution in [0.15, 0.2) is 0 Å². The molecule has 5 heteroatoms. The summed E-state index contributed by atoms with van der Waals surface area (Å²) in [6.45, 7) is 1.22. The zero-order valence-electron chi connectivity index (χ0n) is 11.2. The maximum absolute atomic E-state index is 11.6. The molecule has 1 unspecified atom stereocenters. The molecule has 0 aromatic rings. The summed E-state index contributed by atoms with van der Waals surface area (Å²) in [7, 11) is 0. The van der Waals surface area contributed by atoms with E-state index >= 15 is 0 Å². The molecule has 0 radical (unpaired) electrons. The van der Waals surface area contributed by atoms with E-state index in [1.807, 2.05) is 0 Å². The predicted octanol–water partition coefficient (Wildman–Crippen LogP) is 0.490. The minimum absolute atomic E-state index is 0.0400. The summed E-state index contributed by atoms with van der Waals surface area (Å²) in [6.07, 6.45) is 5.21. The van der Waals surface area contributed by atoms with E-state index in [0.29, 0.717) is 38.8 Å². The molecule has 1 atom stereocenters. The fourth-order valence-electron chi connectivity index (χ4n) is 1.70. The van der Waals surface area contributed by atoms with E-state index in [2.05, 4.69) is 0 Å². The second-order valence-electron chi connectivity index (χ2n) is 4.64. The molecule has 5 nitrogen and oxygen atoms in total. The topological polar surface area (TPSA) is 112 Å². The Kier molecular flexibility index (Phi) is 10.8. The van der Waals surface area contributed by atoms with Gasteiger partial charge in [-0.2, -0.15) is 0 Å². The number of rotatable bonds is 12. The molecule has 0 rings (SSSR count). The van der Waals surface area contributed by atoms with Crippen LogP contribution in [0.25, 0.3) is 0 Å². The van der Waals surface area contributed by atoms with Gasteiger partial charge in [-0.3, -0.25) is 9.59 Å². The Hall–Kier alpha value is -0.780. The van der Waals surface area contributed by atoms with Gasteiger partial charge in [-0.15, -0.1) is 0 Å². The number of nitrogens with two attached hydrogens (primary N) is 3. The normalized spacial score (nSPS) is 12.4. The van der Waals surface area contributed by atoms with E-state index in [4.69, 9.17) is 17.2 Å². The number of hydrogen-bond donors (Lipinski definition) is 3. The van der Waals surface area contributed by atoms with Gasteiger partial charge in [-0.1, -0.05) is 0 Å². The quantitative estimate of drug-likeness (QED) is 0.440. The Morgan fingerprint density at radius 1 is 0.833 bits per heavy atom. The maximum atomic E-state index is 11.6. The molecule has 0 fully saturated rings. The lowest BCUT2D eigenvalue weighted by atomic mass is 10.00. The molecule has 106 valence electrons. The van der Waals surface area contributed by atoms with Crippen LogP contribution >= 0.6 is 0 Å². The van der Waals surface area contributed by atoms with Gasteiger partial charge in [0.05, 0.1) is 6.04 Å². The van der Waals surface area contributed by atoms with Crippen molar-refractivity contribution < 1.29 is 9.59 Å². The van der Waals surface area contributed by atoms with Crippen LogP contribution in [0.4, 0.5) is 0 Å². The van der Waals surface area contributed by atoms with Crippen molar-refractivity contribution >= 4 is 11.6 Å². The van der Waals surface area contributed by atoms with Gasteiger partial charge in [0.2, 0.25) is 0 Å². The Balaban J connectivity index is 3.64. The fourth-order valence-corrected chi connectivity index (χ4v) is 1.70. The standard InChI is InChI=1S/C13H27N3O2/c14-9-3-1-5-11(17)7-8-12(16)13(18)6-2-4-10-15/h12H,1-10,14-16H2. The van der Waals surface area contributed by atoms with Crippen LogP contribution in [-0.2, 0) is 9.59 Å². The van der Waals surface area contributed by atoms with Gasteiger partial charge in [0.1, 0.15) is 11.6 Å². The van der Waals surface area contributed by atoms with Gasteiger partial charge in [-0.05, 0) is 45.2 Å². The summed E-state index contributed by atoms with van der Waals surface area (Å²) in [5.74, 6) is 0.215. The Morgan fingerprint density at radius 2 is 1.39 bits per heavy atom. The molecule has 0 aliphatic carbocycles. The second-order valence-corrected chi connectivity index (χ2v) is 4.64. The molecule has 0 aliphatic heterocycles. The van der Waals surface area contributed by atoms with Crippen molar-refractivity contribution in [2.75, 3.05) is 13.1 Å². The molecule has 0 heterocycles. The number of ketones is 2. The first-order valence-corrected chi connectivity index (χ1v) is 6.82. The average molecular weight is 257 g/mol. The molecule has 0 bridgehead atoms. The van der Waals surface area contributed by atoms with Crippen LogP contribution in [0.3, 0.4) is 0 Å².